The summed E-state index contributed by atoms with van der Waals surface area (Å²) in [6, 6.07) is 0.425. The van der Waals surface area contributed by atoms with E-state index < -0.39 is 0 Å². The van der Waals surface area contributed by atoms with Gasteiger partial charge in [0.2, 0.25) is 0 Å². The van der Waals surface area contributed by atoms with Gasteiger partial charge in [0, 0.05) is 20.1 Å². The second-order valence-electron chi connectivity index (χ2n) is 3.42. The van der Waals surface area contributed by atoms with Crippen LogP contribution in [0.1, 0.15) is 23.3 Å². The topological polar surface area (TPSA) is 51.0 Å². The molecule has 5 nitrogen and oxygen atoms in total. The van der Waals surface area contributed by atoms with Crippen molar-refractivity contribution in [1.29, 1.82) is 0 Å². The van der Waals surface area contributed by atoms with Crippen molar-refractivity contribution in [2.75, 3.05) is 7.05 Å². The molecule has 0 saturated heterocycles. The van der Waals surface area contributed by atoms with Gasteiger partial charge in [-0.1, -0.05) is 5.21 Å². The maximum Gasteiger partial charge on any atom is 0.276 e. The van der Waals surface area contributed by atoms with E-state index in [1.807, 2.05) is 7.05 Å². The van der Waals surface area contributed by atoms with Crippen molar-refractivity contribution < 1.29 is 4.79 Å². The summed E-state index contributed by atoms with van der Waals surface area (Å²) in [5, 5.41) is 7.49. The molecule has 1 aromatic rings. The highest BCUT2D eigenvalue weighted by Crippen LogP contribution is 2.26. The average molecular weight is 180 g/mol. The molecule has 0 N–H and O–H groups in total. The Kier molecular flexibility index (Phi) is 1.79. The van der Waals surface area contributed by atoms with Gasteiger partial charge in [0.25, 0.3) is 5.91 Å². The molecule has 0 unspecified atom stereocenters. The lowest BCUT2D eigenvalue weighted by atomic mass is 10.4. The first-order valence-electron chi connectivity index (χ1n) is 4.32. The number of aryl methyl sites for hydroxylation is 1. The molecular weight excluding hydrogens is 168 g/mol. The highest BCUT2D eigenvalue weighted by molar-refractivity contribution is 5.92. The number of hydrogen-bond acceptors (Lipinski definition) is 3. The second-order valence-corrected chi connectivity index (χ2v) is 3.42. The molecule has 0 spiro atoms. The summed E-state index contributed by atoms with van der Waals surface area (Å²) in [6.45, 7) is 0. The minimum Gasteiger partial charge on any atom is -0.337 e. The third-order valence-electron chi connectivity index (χ3n) is 2.24. The van der Waals surface area contributed by atoms with Gasteiger partial charge in [-0.15, -0.1) is 5.10 Å². The summed E-state index contributed by atoms with van der Waals surface area (Å²) >= 11 is 0. The lowest BCUT2D eigenvalue weighted by Gasteiger charge is -2.13. The SMILES string of the molecule is CN(C(=O)c1cn(C)nn1)C1CC1. The van der Waals surface area contributed by atoms with Crippen molar-refractivity contribution in [3.63, 3.8) is 0 Å². The highest BCUT2D eigenvalue weighted by atomic mass is 16.2. The number of amides is 1. The van der Waals surface area contributed by atoms with Crippen LogP contribution >= 0.6 is 0 Å². The molecule has 1 heterocycles. The summed E-state index contributed by atoms with van der Waals surface area (Å²) in [4.78, 5) is 13.4. The maximum absolute atomic E-state index is 11.6. The molecule has 0 aromatic carbocycles. The molecule has 13 heavy (non-hydrogen) atoms. The van der Waals surface area contributed by atoms with Crippen LogP contribution in [0, 0.1) is 0 Å². The van der Waals surface area contributed by atoms with Crippen molar-refractivity contribution in [3.05, 3.63) is 11.9 Å². The van der Waals surface area contributed by atoms with Crippen molar-refractivity contribution in [2.24, 2.45) is 7.05 Å². The van der Waals surface area contributed by atoms with E-state index in [2.05, 4.69) is 10.3 Å². The molecule has 0 atom stereocenters. The zero-order valence-electron chi connectivity index (χ0n) is 7.77. The highest BCUT2D eigenvalue weighted by Gasteiger charge is 2.31. The predicted octanol–water partition coefficient (Wildman–Crippen LogP) is 0.0495. The quantitative estimate of drug-likeness (QED) is 0.646. The third-order valence-corrected chi connectivity index (χ3v) is 2.24. The molecule has 70 valence electrons. The predicted molar refractivity (Wildman–Crippen MR) is 46.1 cm³/mol. The largest absolute Gasteiger partial charge is 0.337 e. The molecule has 1 saturated carbocycles. The summed E-state index contributed by atoms with van der Waals surface area (Å²) in [5.74, 6) is -0.0319. The Morgan fingerprint density at radius 2 is 2.38 bits per heavy atom. The van der Waals surface area contributed by atoms with Crippen LogP contribution in [-0.2, 0) is 7.05 Å². The fraction of sp³-hybridized carbons (Fsp3) is 0.625. The molecular formula is C8H12N4O. The Bertz CT molecular complexity index is 329. The standard InChI is InChI=1S/C8H12N4O/c1-11-5-7(9-10-11)8(13)12(2)6-3-4-6/h5-6H,3-4H2,1-2H3. The normalized spacial score (nSPS) is 15.8. The molecule has 1 fully saturated rings. The van der Waals surface area contributed by atoms with E-state index in [1.165, 1.54) is 4.68 Å². The fourth-order valence-corrected chi connectivity index (χ4v) is 1.25. The number of hydrogen-bond donors (Lipinski definition) is 0. The van der Waals surface area contributed by atoms with Gasteiger partial charge in [-0.3, -0.25) is 9.48 Å². The van der Waals surface area contributed by atoms with Gasteiger partial charge in [-0.05, 0) is 12.8 Å². The molecule has 1 aliphatic rings. The van der Waals surface area contributed by atoms with Crippen molar-refractivity contribution in [1.82, 2.24) is 19.9 Å². The van der Waals surface area contributed by atoms with Gasteiger partial charge in [0.15, 0.2) is 5.69 Å². The van der Waals surface area contributed by atoms with Gasteiger partial charge < -0.3 is 4.90 Å². The van der Waals surface area contributed by atoms with Gasteiger partial charge in [0.05, 0.1) is 6.20 Å². The van der Waals surface area contributed by atoms with Crippen molar-refractivity contribution >= 4 is 5.91 Å². The minimum absolute atomic E-state index is 0.0319. The van der Waals surface area contributed by atoms with Crippen LogP contribution in [0.4, 0.5) is 0 Å². The maximum atomic E-state index is 11.6. The number of nitrogens with zero attached hydrogens (tertiary/aromatic N) is 4. The monoisotopic (exact) mass is 180 g/mol. The van der Waals surface area contributed by atoms with Crippen LogP contribution in [0.15, 0.2) is 6.20 Å². The van der Waals surface area contributed by atoms with Crippen LogP contribution in [0.5, 0.6) is 0 Å². The Balaban J connectivity index is 2.11. The third kappa shape index (κ3) is 1.54. The fourth-order valence-electron chi connectivity index (χ4n) is 1.25. The van der Waals surface area contributed by atoms with E-state index in [4.69, 9.17) is 0 Å². The zero-order valence-corrected chi connectivity index (χ0v) is 7.77. The second kappa shape index (κ2) is 2.83. The van der Waals surface area contributed by atoms with Gasteiger partial charge in [-0.2, -0.15) is 0 Å². The van der Waals surface area contributed by atoms with E-state index in [0.717, 1.165) is 12.8 Å². The van der Waals surface area contributed by atoms with E-state index in [9.17, 15) is 4.79 Å². The van der Waals surface area contributed by atoms with Crippen molar-refractivity contribution in [3.8, 4) is 0 Å². The molecule has 1 aromatic heterocycles. The van der Waals surface area contributed by atoms with E-state index in [0.29, 0.717) is 11.7 Å². The summed E-state index contributed by atoms with van der Waals surface area (Å²) < 4.78 is 1.54. The van der Waals surface area contributed by atoms with Crippen LogP contribution in [0.25, 0.3) is 0 Å². The number of carbonyl (C=O) groups is 1. The first kappa shape index (κ1) is 8.22. The van der Waals surface area contributed by atoms with E-state index >= 15 is 0 Å². The van der Waals surface area contributed by atoms with Crippen LogP contribution in [0.3, 0.4) is 0 Å². The van der Waals surface area contributed by atoms with Gasteiger partial charge in [0.1, 0.15) is 0 Å². The Morgan fingerprint density at radius 1 is 1.69 bits per heavy atom. The lowest BCUT2D eigenvalue weighted by Crippen LogP contribution is -2.28. The number of aromatic nitrogens is 3. The average Bonchev–Trinajstić information content (AvgIpc) is 2.87. The molecule has 5 heteroatoms. The molecule has 0 aliphatic heterocycles. The minimum atomic E-state index is -0.0319. The number of rotatable bonds is 2. The summed E-state index contributed by atoms with van der Waals surface area (Å²) in [7, 11) is 3.57. The first-order valence-corrected chi connectivity index (χ1v) is 4.32. The summed E-state index contributed by atoms with van der Waals surface area (Å²) in [6.07, 6.45) is 3.87. The van der Waals surface area contributed by atoms with E-state index in [1.54, 1.807) is 18.1 Å². The first-order chi connectivity index (χ1) is 6.18. The Hall–Kier alpha value is -1.39. The van der Waals surface area contributed by atoms with Crippen LogP contribution in [0.2, 0.25) is 0 Å². The summed E-state index contributed by atoms with van der Waals surface area (Å²) in [5.41, 5.74) is 0.428. The van der Waals surface area contributed by atoms with Crippen molar-refractivity contribution in [2.45, 2.75) is 18.9 Å². The zero-order chi connectivity index (χ0) is 9.42. The molecule has 1 amide bonds. The van der Waals surface area contributed by atoms with E-state index in [-0.39, 0.29) is 5.91 Å². The lowest BCUT2D eigenvalue weighted by molar-refractivity contribution is 0.0779. The Morgan fingerprint density at radius 3 is 2.85 bits per heavy atom. The van der Waals surface area contributed by atoms with Gasteiger partial charge >= 0.3 is 0 Å². The molecule has 1 aliphatic carbocycles. The molecule has 0 radical (unpaired) electrons. The number of carbonyl (C=O) groups excluding carboxylic acids is 1. The molecule has 2 rings (SSSR count). The van der Waals surface area contributed by atoms with Gasteiger partial charge in [-0.25, -0.2) is 0 Å². The van der Waals surface area contributed by atoms with Crippen LogP contribution < -0.4 is 0 Å². The molecule has 0 bridgehead atoms. The Labute approximate surface area is 76.3 Å². The van der Waals surface area contributed by atoms with Crippen LogP contribution in [-0.4, -0.2) is 38.9 Å². The smallest absolute Gasteiger partial charge is 0.276 e.